The second-order valence-electron chi connectivity index (χ2n) is 4.90. The Hall–Kier alpha value is -2.17. The molecular weight excluding hydrogens is 266 g/mol. The first-order valence-corrected chi connectivity index (χ1v) is 6.83. The fourth-order valence-electron chi connectivity index (χ4n) is 1.98. The van der Waals surface area contributed by atoms with Crippen LogP contribution in [-0.4, -0.2) is 23.2 Å². The Morgan fingerprint density at radius 1 is 1.00 bits per heavy atom. The van der Waals surface area contributed by atoms with Gasteiger partial charge in [0.15, 0.2) is 6.10 Å². The number of carbonyl (C=O) groups is 1. The van der Waals surface area contributed by atoms with Crippen molar-refractivity contribution in [1.82, 2.24) is 0 Å². The molecular formula is C17H19NO3. The summed E-state index contributed by atoms with van der Waals surface area (Å²) in [7, 11) is 0. The standard InChI is InChI=1S/C17H19NO3/c1-12(19)15(18)17(20)21-16(13-8-4-2-5-9-13)14-10-6-3-7-11-14/h2-12,15-16,19H,18H2,1H3/t12?,15-/m0/s1. The average Bonchev–Trinajstić information content (AvgIpc) is 2.53. The lowest BCUT2D eigenvalue weighted by atomic mass is 10.0. The molecule has 1 unspecified atom stereocenters. The first-order valence-electron chi connectivity index (χ1n) is 6.83. The highest BCUT2D eigenvalue weighted by molar-refractivity contribution is 5.76. The molecule has 0 aliphatic rings. The molecule has 0 saturated carbocycles. The average molecular weight is 285 g/mol. The van der Waals surface area contributed by atoms with E-state index in [0.29, 0.717) is 0 Å². The Morgan fingerprint density at radius 2 is 1.43 bits per heavy atom. The monoisotopic (exact) mass is 285 g/mol. The van der Waals surface area contributed by atoms with E-state index in [9.17, 15) is 9.90 Å². The number of aliphatic hydroxyl groups is 1. The van der Waals surface area contributed by atoms with Gasteiger partial charge in [-0.15, -0.1) is 0 Å². The van der Waals surface area contributed by atoms with Crippen LogP contribution in [0.2, 0.25) is 0 Å². The first kappa shape index (κ1) is 15.2. The Morgan fingerprint density at radius 3 is 1.81 bits per heavy atom. The maximum Gasteiger partial charge on any atom is 0.326 e. The second kappa shape index (κ2) is 7.02. The molecule has 0 aromatic heterocycles. The van der Waals surface area contributed by atoms with Crippen molar-refractivity contribution in [1.29, 1.82) is 0 Å². The van der Waals surface area contributed by atoms with Crippen molar-refractivity contribution in [3.05, 3.63) is 71.8 Å². The molecule has 3 N–H and O–H groups in total. The third-order valence-electron chi connectivity index (χ3n) is 3.23. The molecule has 0 heterocycles. The van der Waals surface area contributed by atoms with Gasteiger partial charge in [-0.05, 0) is 18.1 Å². The number of carbonyl (C=O) groups excluding carboxylic acids is 1. The molecule has 0 radical (unpaired) electrons. The van der Waals surface area contributed by atoms with Crippen molar-refractivity contribution in [3.63, 3.8) is 0 Å². The lowest BCUT2D eigenvalue weighted by Gasteiger charge is -2.22. The third kappa shape index (κ3) is 3.90. The lowest BCUT2D eigenvalue weighted by Crippen LogP contribution is -2.42. The summed E-state index contributed by atoms with van der Waals surface area (Å²) in [6.45, 7) is 1.46. The van der Waals surface area contributed by atoms with Gasteiger partial charge in [-0.3, -0.25) is 4.79 Å². The predicted octanol–water partition coefficient (Wildman–Crippen LogP) is 2.03. The molecule has 2 rings (SSSR count). The summed E-state index contributed by atoms with van der Waals surface area (Å²) in [5, 5.41) is 9.42. The van der Waals surface area contributed by atoms with Crippen LogP contribution < -0.4 is 5.73 Å². The molecule has 110 valence electrons. The molecule has 21 heavy (non-hydrogen) atoms. The molecule has 0 aliphatic carbocycles. The molecule has 2 aromatic rings. The van der Waals surface area contributed by atoms with Crippen LogP contribution in [0.1, 0.15) is 24.2 Å². The van der Waals surface area contributed by atoms with Gasteiger partial charge in [0, 0.05) is 0 Å². The number of ether oxygens (including phenoxy) is 1. The predicted molar refractivity (Wildman–Crippen MR) is 80.5 cm³/mol. The SMILES string of the molecule is CC(O)[C@H](N)C(=O)OC(c1ccccc1)c1ccccc1. The van der Waals surface area contributed by atoms with Crippen molar-refractivity contribution in [3.8, 4) is 0 Å². The summed E-state index contributed by atoms with van der Waals surface area (Å²) in [6, 6.07) is 17.8. The van der Waals surface area contributed by atoms with E-state index in [1.54, 1.807) is 0 Å². The highest BCUT2D eigenvalue weighted by Gasteiger charge is 2.25. The quantitative estimate of drug-likeness (QED) is 0.824. The number of nitrogens with two attached hydrogens (primary N) is 1. The maximum absolute atomic E-state index is 12.0. The van der Waals surface area contributed by atoms with Crippen LogP contribution in [0.3, 0.4) is 0 Å². The van der Waals surface area contributed by atoms with E-state index in [-0.39, 0.29) is 0 Å². The van der Waals surface area contributed by atoms with Gasteiger partial charge in [-0.1, -0.05) is 60.7 Å². The van der Waals surface area contributed by atoms with Gasteiger partial charge >= 0.3 is 5.97 Å². The fraction of sp³-hybridized carbons (Fsp3) is 0.235. The number of rotatable bonds is 5. The van der Waals surface area contributed by atoms with Gasteiger partial charge in [0.05, 0.1) is 6.10 Å². The van der Waals surface area contributed by atoms with Crippen molar-refractivity contribution >= 4 is 5.97 Å². The van der Waals surface area contributed by atoms with Crippen LogP contribution in [0.15, 0.2) is 60.7 Å². The van der Waals surface area contributed by atoms with E-state index >= 15 is 0 Å². The first-order chi connectivity index (χ1) is 10.1. The normalized spacial score (nSPS) is 13.7. The van der Waals surface area contributed by atoms with E-state index < -0.39 is 24.2 Å². The van der Waals surface area contributed by atoms with Gasteiger partial charge in [0.1, 0.15) is 6.04 Å². The summed E-state index contributed by atoms with van der Waals surface area (Å²) in [5.74, 6) is -0.622. The van der Waals surface area contributed by atoms with E-state index in [0.717, 1.165) is 11.1 Å². The number of hydrogen-bond donors (Lipinski definition) is 2. The minimum absolute atomic E-state index is 0.537. The minimum Gasteiger partial charge on any atom is -0.451 e. The maximum atomic E-state index is 12.0. The molecule has 2 atom stereocenters. The van der Waals surface area contributed by atoms with Crippen LogP contribution in [0.5, 0.6) is 0 Å². The van der Waals surface area contributed by atoms with Gasteiger partial charge < -0.3 is 15.6 Å². The Labute approximate surface area is 124 Å². The highest BCUT2D eigenvalue weighted by atomic mass is 16.5. The lowest BCUT2D eigenvalue weighted by molar-refractivity contribution is -0.151. The summed E-state index contributed by atoms with van der Waals surface area (Å²) in [6.07, 6.45) is -1.49. The second-order valence-corrected chi connectivity index (χ2v) is 4.90. The number of hydrogen-bond acceptors (Lipinski definition) is 4. The van der Waals surface area contributed by atoms with Crippen LogP contribution in [0.25, 0.3) is 0 Å². The number of benzene rings is 2. The molecule has 0 amide bonds. The molecule has 0 bridgehead atoms. The number of esters is 1. The van der Waals surface area contributed by atoms with Gasteiger partial charge in [0.2, 0.25) is 0 Å². The summed E-state index contributed by atoms with van der Waals surface area (Å²) >= 11 is 0. The van der Waals surface area contributed by atoms with Crippen molar-refractivity contribution < 1.29 is 14.6 Å². The fourth-order valence-corrected chi connectivity index (χ4v) is 1.98. The topological polar surface area (TPSA) is 72.5 Å². The summed E-state index contributed by atoms with van der Waals surface area (Å²) < 4.78 is 5.52. The van der Waals surface area contributed by atoms with Gasteiger partial charge in [-0.2, -0.15) is 0 Å². The van der Waals surface area contributed by atoms with E-state index in [2.05, 4.69) is 0 Å². The van der Waals surface area contributed by atoms with Gasteiger partial charge in [0.25, 0.3) is 0 Å². The van der Waals surface area contributed by atoms with Crippen molar-refractivity contribution in [2.24, 2.45) is 5.73 Å². The third-order valence-corrected chi connectivity index (χ3v) is 3.23. The molecule has 0 aliphatic heterocycles. The zero-order chi connectivity index (χ0) is 15.2. The minimum atomic E-state index is -1.06. The molecule has 4 nitrogen and oxygen atoms in total. The van der Waals surface area contributed by atoms with Gasteiger partial charge in [-0.25, -0.2) is 0 Å². The van der Waals surface area contributed by atoms with E-state index in [1.807, 2.05) is 60.7 Å². The smallest absolute Gasteiger partial charge is 0.326 e. The molecule has 0 saturated heterocycles. The molecule has 0 spiro atoms. The molecule has 2 aromatic carbocycles. The number of aliphatic hydroxyl groups excluding tert-OH is 1. The van der Waals surface area contributed by atoms with E-state index in [1.165, 1.54) is 6.92 Å². The Balaban J connectivity index is 2.28. The zero-order valence-corrected chi connectivity index (χ0v) is 11.8. The Kier molecular flexibility index (Phi) is 5.09. The highest BCUT2D eigenvalue weighted by Crippen LogP contribution is 2.26. The van der Waals surface area contributed by atoms with Crippen LogP contribution in [-0.2, 0) is 9.53 Å². The van der Waals surface area contributed by atoms with Crippen molar-refractivity contribution in [2.45, 2.75) is 25.2 Å². The summed E-state index contributed by atoms with van der Waals surface area (Å²) in [5.41, 5.74) is 7.35. The van der Waals surface area contributed by atoms with Crippen LogP contribution in [0, 0.1) is 0 Å². The molecule has 0 fully saturated rings. The Bertz CT molecular complexity index is 530. The van der Waals surface area contributed by atoms with Crippen LogP contribution in [0.4, 0.5) is 0 Å². The summed E-state index contributed by atoms with van der Waals surface area (Å²) in [4.78, 5) is 12.0. The largest absolute Gasteiger partial charge is 0.451 e. The van der Waals surface area contributed by atoms with Crippen LogP contribution >= 0.6 is 0 Å². The molecule has 4 heteroatoms. The van der Waals surface area contributed by atoms with E-state index in [4.69, 9.17) is 10.5 Å². The van der Waals surface area contributed by atoms with Crippen molar-refractivity contribution in [2.75, 3.05) is 0 Å². The zero-order valence-electron chi connectivity index (χ0n) is 11.8.